The summed E-state index contributed by atoms with van der Waals surface area (Å²) in [4.78, 5) is 25.8. The van der Waals surface area contributed by atoms with Crippen LogP contribution in [-0.2, 0) is 14.3 Å². The number of piperidine rings is 1. The van der Waals surface area contributed by atoms with E-state index >= 15 is 0 Å². The lowest BCUT2D eigenvalue weighted by Crippen LogP contribution is -2.60. The highest BCUT2D eigenvalue weighted by molar-refractivity contribution is 6.09. The molecule has 2 aliphatic rings. The van der Waals surface area contributed by atoms with Gasteiger partial charge in [-0.25, -0.2) is 4.79 Å². The van der Waals surface area contributed by atoms with Gasteiger partial charge in [0.2, 0.25) is 0 Å². The largest absolute Gasteiger partial charge is 0.464 e. The lowest BCUT2D eigenvalue weighted by atomic mass is 9.87. The van der Waals surface area contributed by atoms with E-state index in [1.807, 2.05) is 11.9 Å². The first-order chi connectivity index (χ1) is 7.13. The van der Waals surface area contributed by atoms with E-state index in [4.69, 9.17) is 4.74 Å². The van der Waals surface area contributed by atoms with Crippen LogP contribution in [0.3, 0.4) is 0 Å². The minimum absolute atomic E-state index is 0.0391. The van der Waals surface area contributed by atoms with Gasteiger partial charge in [0.05, 0.1) is 6.61 Å². The first kappa shape index (κ1) is 10.6. The standard InChI is InChI=1S/C11H17NO3/c1-3-15-10(14)11-7-6-8(12(11)2)4-5-9(11)13/h8H,3-7H2,1-2H3/t8-,11-/m1/s1. The van der Waals surface area contributed by atoms with Crippen molar-refractivity contribution in [2.75, 3.05) is 13.7 Å². The molecule has 4 nitrogen and oxygen atoms in total. The van der Waals surface area contributed by atoms with Crippen LogP contribution in [-0.4, -0.2) is 41.9 Å². The van der Waals surface area contributed by atoms with Crippen LogP contribution >= 0.6 is 0 Å². The maximum Gasteiger partial charge on any atom is 0.334 e. The number of likely N-dealkylation sites (N-methyl/N-ethyl adjacent to an activating group) is 1. The summed E-state index contributed by atoms with van der Waals surface area (Å²) in [7, 11) is 1.87. The molecule has 2 bridgehead atoms. The van der Waals surface area contributed by atoms with Crippen LogP contribution in [0.5, 0.6) is 0 Å². The van der Waals surface area contributed by atoms with Gasteiger partial charge in [-0.1, -0.05) is 0 Å². The molecule has 0 aromatic carbocycles. The van der Waals surface area contributed by atoms with E-state index < -0.39 is 5.54 Å². The molecule has 0 radical (unpaired) electrons. The van der Waals surface area contributed by atoms with Gasteiger partial charge >= 0.3 is 5.97 Å². The molecule has 4 heteroatoms. The Hall–Kier alpha value is -0.900. The Labute approximate surface area is 89.6 Å². The molecule has 84 valence electrons. The van der Waals surface area contributed by atoms with E-state index in [2.05, 4.69) is 0 Å². The number of carbonyl (C=O) groups excluding carboxylic acids is 2. The summed E-state index contributed by atoms with van der Waals surface area (Å²) in [5.41, 5.74) is -0.946. The molecular formula is C11H17NO3. The summed E-state index contributed by atoms with van der Waals surface area (Å²) >= 11 is 0. The minimum Gasteiger partial charge on any atom is -0.464 e. The van der Waals surface area contributed by atoms with Crippen LogP contribution in [0.2, 0.25) is 0 Å². The summed E-state index contributed by atoms with van der Waals surface area (Å²) in [6.07, 6.45) is 2.97. The van der Waals surface area contributed by atoms with Crippen LogP contribution in [0, 0.1) is 0 Å². The average Bonchev–Trinajstić information content (AvgIpc) is 2.42. The van der Waals surface area contributed by atoms with E-state index in [1.54, 1.807) is 6.92 Å². The van der Waals surface area contributed by atoms with Crippen LogP contribution in [0.1, 0.15) is 32.6 Å². The molecule has 2 atom stereocenters. The number of Topliss-reactive ketones (excluding diaryl/α,β-unsaturated/α-hetero) is 1. The zero-order chi connectivity index (χ0) is 11.1. The predicted octanol–water partition coefficient (Wildman–Crippen LogP) is 0.745. The van der Waals surface area contributed by atoms with Gasteiger partial charge in [0.1, 0.15) is 0 Å². The van der Waals surface area contributed by atoms with E-state index in [0.717, 1.165) is 12.8 Å². The van der Waals surface area contributed by atoms with Gasteiger partial charge in [-0.15, -0.1) is 0 Å². The third kappa shape index (κ3) is 1.31. The molecule has 2 rings (SSSR count). The van der Waals surface area contributed by atoms with Crippen molar-refractivity contribution in [2.45, 2.75) is 44.2 Å². The zero-order valence-corrected chi connectivity index (χ0v) is 9.28. The average molecular weight is 211 g/mol. The zero-order valence-electron chi connectivity index (χ0n) is 9.28. The molecule has 0 unspecified atom stereocenters. The highest BCUT2D eigenvalue weighted by Gasteiger charge is 2.58. The SMILES string of the molecule is CCOC(=O)[C@@]12CC[C@@H](CCC1=O)N2C. The molecular weight excluding hydrogens is 194 g/mol. The van der Waals surface area contributed by atoms with Crippen LogP contribution in [0.25, 0.3) is 0 Å². The number of ketones is 1. The first-order valence-corrected chi connectivity index (χ1v) is 5.56. The fourth-order valence-electron chi connectivity index (χ4n) is 2.85. The number of fused-ring (bicyclic) bond motifs is 2. The number of hydrogen-bond donors (Lipinski definition) is 0. The molecule has 2 fully saturated rings. The molecule has 0 N–H and O–H groups in total. The molecule has 0 aromatic heterocycles. The third-order valence-corrected chi connectivity index (χ3v) is 3.77. The van der Waals surface area contributed by atoms with Crippen molar-refractivity contribution >= 4 is 11.8 Å². The lowest BCUT2D eigenvalue weighted by Gasteiger charge is -2.38. The number of nitrogens with zero attached hydrogens (tertiary/aromatic N) is 1. The van der Waals surface area contributed by atoms with E-state index in [0.29, 0.717) is 25.5 Å². The molecule has 2 saturated heterocycles. The van der Waals surface area contributed by atoms with Gasteiger partial charge in [-0.05, 0) is 33.2 Å². The first-order valence-electron chi connectivity index (χ1n) is 5.56. The van der Waals surface area contributed by atoms with E-state index in [-0.39, 0.29) is 11.8 Å². The number of ether oxygens (including phenoxy) is 1. The molecule has 0 saturated carbocycles. The summed E-state index contributed by atoms with van der Waals surface area (Å²) in [6, 6.07) is 0.382. The fourth-order valence-corrected chi connectivity index (χ4v) is 2.85. The second kappa shape index (κ2) is 3.59. The topological polar surface area (TPSA) is 46.6 Å². The van der Waals surface area contributed by atoms with Gasteiger partial charge in [0.25, 0.3) is 0 Å². The van der Waals surface area contributed by atoms with Gasteiger partial charge in [0, 0.05) is 12.5 Å². The number of hydrogen-bond acceptors (Lipinski definition) is 4. The Kier molecular flexibility index (Phi) is 2.54. The van der Waals surface area contributed by atoms with Crippen LogP contribution in [0.15, 0.2) is 0 Å². The molecule has 15 heavy (non-hydrogen) atoms. The fraction of sp³-hybridized carbons (Fsp3) is 0.818. The van der Waals surface area contributed by atoms with Crippen molar-refractivity contribution in [3.63, 3.8) is 0 Å². The second-order valence-electron chi connectivity index (χ2n) is 4.35. The van der Waals surface area contributed by atoms with Crippen molar-refractivity contribution in [2.24, 2.45) is 0 Å². The highest BCUT2D eigenvalue weighted by atomic mass is 16.5. The monoisotopic (exact) mass is 211 g/mol. The third-order valence-electron chi connectivity index (χ3n) is 3.77. The molecule has 2 heterocycles. The Balaban J connectivity index is 2.30. The number of carbonyl (C=O) groups is 2. The maximum absolute atomic E-state index is 12.0. The Bertz CT molecular complexity index is 302. The second-order valence-corrected chi connectivity index (χ2v) is 4.35. The number of rotatable bonds is 2. The van der Waals surface area contributed by atoms with Crippen LogP contribution < -0.4 is 0 Å². The summed E-state index contributed by atoms with van der Waals surface area (Å²) < 4.78 is 5.04. The van der Waals surface area contributed by atoms with Gasteiger partial charge in [-0.3, -0.25) is 9.69 Å². The van der Waals surface area contributed by atoms with Gasteiger partial charge in [0.15, 0.2) is 11.3 Å². The van der Waals surface area contributed by atoms with Crippen molar-refractivity contribution in [3.8, 4) is 0 Å². The lowest BCUT2D eigenvalue weighted by molar-refractivity contribution is -0.163. The van der Waals surface area contributed by atoms with Crippen molar-refractivity contribution in [1.82, 2.24) is 4.90 Å². The summed E-state index contributed by atoms with van der Waals surface area (Å²) in [5.74, 6) is -0.308. The van der Waals surface area contributed by atoms with E-state index in [1.165, 1.54) is 0 Å². The summed E-state index contributed by atoms with van der Waals surface area (Å²) in [5, 5.41) is 0. The van der Waals surface area contributed by atoms with Crippen molar-refractivity contribution < 1.29 is 14.3 Å². The highest BCUT2D eigenvalue weighted by Crippen LogP contribution is 2.41. The molecule has 0 spiro atoms. The minimum atomic E-state index is -0.946. The normalized spacial score (nSPS) is 35.6. The Morgan fingerprint density at radius 2 is 2.33 bits per heavy atom. The van der Waals surface area contributed by atoms with Crippen molar-refractivity contribution in [3.05, 3.63) is 0 Å². The van der Waals surface area contributed by atoms with Crippen molar-refractivity contribution in [1.29, 1.82) is 0 Å². The maximum atomic E-state index is 12.0. The predicted molar refractivity (Wildman–Crippen MR) is 54.4 cm³/mol. The molecule has 2 aliphatic heterocycles. The Morgan fingerprint density at radius 1 is 1.60 bits per heavy atom. The van der Waals surface area contributed by atoms with Crippen LogP contribution in [0.4, 0.5) is 0 Å². The Morgan fingerprint density at radius 3 is 3.00 bits per heavy atom. The summed E-state index contributed by atoms with van der Waals surface area (Å²) in [6.45, 7) is 2.11. The molecule has 0 aliphatic carbocycles. The molecule has 0 amide bonds. The smallest absolute Gasteiger partial charge is 0.334 e. The van der Waals surface area contributed by atoms with Gasteiger partial charge in [-0.2, -0.15) is 0 Å². The van der Waals surface area contributed by atoms with E-state index in [9.17, 15) is 9.59 Å². The molecule has 0 aromatic rings. The quantitative estimate of drug-likeness (QED) is 0.499. The number of esters is 1. The van der Waals surface area contributed by atoms with Gasteiger partial charge < -0.3 is 4.74 Å².